The van der Waals surface area contributed by atoms with E-state index in [-0.39, 0.29) is 11.8 Å². The van der Waals surface area contributed by atoms with Gasteiger partial charge in [0.2, 0.25) is 15.6 Å². The summed E-state index contributed by atoms with van der Waals surface area (Å²) in [7, 11) is 0. The van der Waals surface area contributed by atoms with Crippen molar-refractivity contribution >= 4 is 58.5 Å². The molecule has 0 aromatic rings. The first-order valence-corrected chi connectivity index (χ1v) is 12.5. The van der Waals surface area contributed by atoms with Gasteiger partial charge in [0, 0.05) is 13.0 Å². The monoisotopic (exact) mass is 540 g/mol. The van der Waals surface area contributed by atoms with Gasteiger partial charge in [-0.2, -0.15) is 0 Å². The van der Waals surface area contributed by atoms with Crippen LogP contribution >= 0.6 is 34.8 Å². The number of hydrogen-bond acceptors (Lipinski definition) is 6. The standard InChI is InChI=1S/C22H35Cl3N4O5/c1-5-6-7-8-11-17(30)27-18(14(2)3)19(31)26-15(4)20(32)29-12-9-10-16(28-29)21(33)34-13-22(23,24)25/h5,14-16,18,28H,1,6-13H2,2-4H3,(H,26,31)(H,27,30)/t15-,16-,18?/m0/s1. The fourth-order valence-electron chi connectivity index (χ4n) is 3.32. The Labute approximate surface area is 216 Å². The second-order valence-corrected chi connectivity index (χ2v) is 11.1. The fourth-order valence-corrected chi connectivity index (χ4v) is 3.49. The van der Waals surface area contributed by atoms with Crippen molar-refractivity contribution in [1.82, 2.24) is 21.1 Å². The molecule has 0 bridgehead atoms. The molecular formula is C22H35Cl3N4O5. The second kappa shape index (κ2) is 14.8. The van der Waals surface area contributed by atoms with E-state index < -0.39 is 46.3 Å². The predicted octanol–water partition coefficient (Wildman–Crippen LogP) is 2.79. The van der Waals surface area contributed by atoms with Crippen LogP contribution in [0.2, 0.25) is 0 Å². The van der Waals surface area contributed by atoms with E-state index in [1.165, 1.54) is 5.01 Å². The molecule has 3 amide bonds. The number of carbonyl (C=O) groups is 4. The Morgan fingerprint density at radius 3 is 2.44 bits per heavy atom. The van der Waals surface area contributed by atoms with Gasteiger partial charge in [-0.25, -0.2) is 5.43 Å². The molecule has 9 nitrogen and oxygen atoms in total. The molecule has 1 saturated heterocycles. The van der Waals surface area contributed by atoms with Gasteiger partial charge in [-0.3, -0.25) is 24.2 Å². The summed E-state index contributed by atoms with van der Waals surface area (Å²) in [4.78, 5) is 50.1. The number of amides is 3. The zero-order valence-electron chi connectivity index (χ0n) is 19.9. The third-order valence-corrected chi connectivity index (χ3v) is 5.50. The minimum Gasteiger partial charge on any atom is -0.460 e. The topological polar surface area (TPSA) is 117 Å². The molecule has 0 aromatic carbocycles. The van der Waals surface area contributed by atoms with Gasteiger partial charge < -0.3 is 15.4 Å². The Bertz CT molecular complexity index is 730. The maximum Gasteiger partial charge on any atom is 0.325 e. The Morgan fingerprint density at radius 1 is 1.18 bits per heavy atom. The molecule has 1 unspecified atom stereocenters. The zero-order valence-corrected chi connectivity index (χ0v) is 22.1. The number of ether oxygens (including phenoxy) is 1. The number of hydrogen-bond donors (Lipinski definition) is 3. The summed E-state index contributed by atoms with van der Waals surface area (Å²) in [6.07, 6.45) is 5.48. The van der Waals surface area contributed by atoms with Crippen LogP contribution in [0.15, 0.2) is 12.7 Å². The van der Waals surface area contributed by atoms with Crippen molar-refractivity contribution in [2.45, 2.75) is 81.2 Å². The first-order valence-electron chi connectivity index (χ1n) is 11.4. The van der Waals surface area contributed by atoms with Crippen molar-refractivity contribution < 1.29 is 23.9 Å². The fraction of sp³-hybridized carbons (Fsp3) is 0.727. The lowest BCUT2D eigenvalue weighted by Crippen LogP contribution is -2.61. The average Bonchev–Trinajstić information content (AvgIpc) is 2.77. The van der Waals surface area contributed by atoms with Crippen LogP contribution in [-0.4, -0.2) is 63.8 Å². The van der Waals surface area contributed by atoms with Crippen LogP contribution < -0.4 is 16.1 Å². The molecule has 0 aromatic heterocycles. The molecular weight excluding hydrogens is 507 g/mol. The SMILES string of the molecule is C=CCCCCC(=O)NC(C(=O)N[C@@H](C)C(=O)N1CCC[C@@H](C(=O)OCC(Cl)(Cl)Cl)N1)C(C)C. The molecule has 1 heterocycles. The highest BCUT2D eigenvalue weighted by atomic mass is 35.6. The maximum absolute atomic E-state index is 12.9. The first-order chi connectivity index (χ1) is 15.9. The number of nitrogens with zero attached hydrogens (tertiary/aromatic N) is 1. The van der Waals surface area contributed by atoms with Gasteiger partial charge in [0.15, 0.2) is 0 Å². The highest BCUT2D eigenvalue weighted by molar-refractivity contribution is 6.67. The summed E-state index contributed by atoms with van der Waals surface area (Å²) in [6, 6.07) is -2.44. The number of nitrogens with one attached hydrogen (secondary N) is 3. The van der Waals surface area contributed by atoms with E-state index in [9.17, 15) is 19.2 Å². The van der Waals surface area contributed by atoms with Gasteiger partial charge in [-0.1, -0.05) is 54.7 Å². The predicted molar refractivity (Wildman–Crippen MR) is 132 cm³/mol. The van der Waals surface area contributed by atoms with E-state index in [4.69, 9.17) is 39.5 Å². The highest BCUT2D eigenvalue weighted by Gasteiger charge is 2.34. The van der Waals surface area contributed by atoms with Gasteiger partial charge in [-0.15, -0.1) is 6.58 Å². The molecule has 12 heteroatoms. The number of hydrazine groups is 1. The van der Waals surface area contributed by atoms with Crippen molar-refractivity contribution in [3.05, 3.63) is 12.7 Å². The van der Waals surface area contributed by atoms with Crippen molar-refractivity contribution in [2.75, 3.05) is 13.2 Å². The lowest BCUT2D eigenvalue weighted by atomic mass is 10.0. The zero-order chi connectivity index (χ0) is 25.9. The molecule has 3 atom stereocenters. The number of halogens is 3. The molecule has 1 aliphatic rings. The third-order valence-electron chi connectivity index (χ3n) is 5.17. The molecule has 34 heavy (non-hydrogen) atoms. The van der Waals surface area contributed by atoms with Gasteiger partial charge >= 0.3 is 5.97 Å². The van der Waals surface area contributed by atoms with E-state index in [1.54, 1.807) is 13.0 Å². The van der Waals surface area contributed by atoms with Crippen molar-refractivity contribution in [3.63, 3.8) is 0 Å². The molecule has 3 N–H and O–H groups in total. The van der Waals surface area contributed by atoms with E-state index in [2.05, 4.69) is 22.6 Å². The number of carbonyl (C=O) groups excluding carboxylic acids is 4. The van der Waals surface area contributed by atoms with Crippen LogP contribution in [-0.2, 0) is 23.9 Å². The number of alkyl halides is 3. The number of esters is 1. The number of rotatable bonds is 12. The Balaban J connectivity index is 2.63. The van der Waals surface area contributed by atoms with E-state index in [0.29, 0.717) is 32.2 Å². The molecule has 0 aliphatic carbocycles. The Kier molecular flexibility index (Phi) is 13.2. The van der Waals surface area contributed by atoms with E-state index in [1.807, 2.05) is 13.8 Å². The largest absolute Gasteiger partial charge is 0.460 e. The van der Waals surface area contributed by atoms with Crippen LogP contribution in [0.4, 0.5) is 0 Å². The summed E-state index contributed by atoms with van der Waals surface area (Å²) < 4.78 is 3.26. The molecule has 0 radical (unpaired) electrons. The molecule has 194 valence electrons. The van der Waals surface area contributed by atoms with Crippen molar-refractivity contribution in [1.29, 1.82) is 0 Å². The van der Waals surface area contributed by atoms with Gasteiger partial charge in [0.1, 0.15) is 24.7 Å². The molecule has 1 aliphatic heterocycles. The second-order valence-electron chi connectivity index (χ2n) is 8.59. The van der Waals surface area contributed by atoms with E-state index >= 15 is 0 Å². The minimum atomic E-state index is -1.73. The number of allylic oxidation sites excluding steroid dienone is 1. The third kappa shape index (κ3) is 11.3. The van der Waals surface area contributed by atoms with Crippen molar-refractivity contribution in [3.8, 4) is 0 Å². The van der Waals surface area contributed by atoms with Crippen LogP contribution in [0.5, 0.6) is 0 Å². The van der Waals surface area contributed by atoms with Crippen LogP contribution in [0.3, 0.4) is 0 Å². The van der Waals surface area contributed by atoms with Crippen LogP contribution in [0, 0.1) is 5.92 Å². The summed E-state index contributed by atoms with van der Waals surface area (Å²) in [5.74, 6) is -1.91. The van der Waals surface area contributed by atoms with Crippen LogP contribution in [0.25, 0.3) is 0 Å². The molecule has 1 rings (SSSR count). The van der Waals surface area contributed by atoms with Crippen molar-refractivity contribution in [2.24, 2.45) is 5.92 Å². The summed E-state index contributed by atoms with van der Waals surface area (Å²) >= 11 is 16.8. The Morgan fingerprint density at radius 2 is 1.85 bits per heavy atom. The minimum absolute atomic E-state index is 0.176. The average molecular weight is 542 g/mol. The quantitative estimate of drug-likeness (QED) is 0.151. The molecule has 1 fully saturated rings. The Hall–Kier alpha value is -1.55. The first kappa shape index (κ1) is 30.5. The smallest absolute Gasteiger partial charge is 0.325 e. The lowest BCUT2D eigenvalue weighted by Gasteiger charge is -2.34. The van der Waals surface area contributed by atoms with Gasteiger partial charge in [0.25, 0.3) is 5.91 Å². The summed E-state index contributed by atoms with van der Waals surface area (Å²) in [5, 5.41) is 6.69. The summed E-state index contributed by atoms with van der Waals surface area (Å²) in [5.41, 5.74) is 2.81. The van der Waals surface area contributed by atoms with Crippen LogP contribution in [0.1, 0.15) is 59.3 Å². The highest BCUT2D eigenvalue weighted by Crippen LogP contribution is 2.26. The maximum atomic E-state index is 12.9. The normalized spacial score (nSPS) is 18.1. The molecule has 0 saturated carbocycles. The lowest BCUT2D eigenvalue weighted by molar-refractivity contribution is -0.152. The van der Waals surface area contributed by atoms with Gasteiger partial charge in [0.05, 0.1) is 0 Å². The number of unbranched alkanes of at least 4 members (excludes halogenated alkanes) is 2. The van der Waals surface area contributed by atoms with E-state index in [0.717, 1.165) is 12.8 Å². The van der Waals surface area contributed by atoms with Gasteiger partial charge in [-0.05, 0) is 44.9 Å². The summed E-state index contributed by atoms with van der Waals surface area (Å²) in [6.45, 7) is 8.76. The molecule has 0 spiro atoms.